The van der Waals surface area contributed by atoms with E-state index in [0.29, 0.717) is 11.3 Å². The lowest BCUT2D eigenvalue weighted by Gasteiger charge is -2.20. The fraction of sp³-hybridized carbons (Fsp3) is 0.562. The molecule has 0 fully saturated rings. The summed E-state index contributed by atoms with van der Waals surface area (Å²) in [6.07, 6.45) is -0.346. The van der Waals surface area contributed by atoms with Crippen molar-refractivity contribution < 1.29 is 14.6 Å². The van der Waals surface area contributed by atoms with E-state index in [1.807, 2.05) is 32.9 Å². The summed E-state index contributed by atoms with van der Waals surface area (Å²) in [6.45, 7) is 9.32. The summed E-state index contributed by atoms with van der Waals surface area (Å²) in [5.74, 6) is 0.411. The Bertz CT molecular complexity index is 457. The van der Waals surface area contributed by atoms with E-state index in [9.17, 15) is 9.90 Å². The van der Waals surface area contributed by atoms with Crippen LogP contribution in [0, 0.1) is 6.92 Å². The van der Waals surface area contributed by atoms with E-state index in [-0.39, 0.29) is 11.9 Å². The second-order valence-electron chi connectivity index (χ2n) is 5.30. The number of aryl methyl sites for hydroxylation is 1. The molecular formula is C16H25NO3. The highest BCUT2D eigenvalue weighted by atomic mass is 16.5. The van der Waals surface area contributed by atoms with Crippen LogP contribution >= 0.6 is 0 Å². The molecule has 0 aromatic heterocycles. The molecule has 0 aliphatic carbocycles. The summed E-state index contributed by atoms with van der Waals surface area (Å²) < 4.78 is 5.70. The van der Waals surface area contributed by atoms with Gasteiger partial charge in [0.05, 0.1) is 6.10 Å². The Hall–Kier alpha value is -1.55. The van der Waals surface area contributed by atoms with Crippen molar-refractivity contribution >= 4 is 5.91 Å². The lowest BCUT2D eigenvalue weighted by molar-refractivity contribution is -0.127. The Morgan fingerprint density at radius 2 is 2.00 bits per heavy atom. The zero-order chi connectivity index (χ0) is 15.3. The van der Waals surface area contributed by atoms with E-state index < -0.39 is 12.2 Å². The Morgan fingerprint density at radius 1 is 1.35 bits per heavy atom. The van der Waals surface area contributed by atoms with Crippen LogP contribution in [0.1, 0.15) is 51.3 Å². The van der Waals surface area contributed by atoms with Gasteiger partial charge < -0.3 is 15.2 Å². The van der Waals surface area contributed by atoms with Gasteiger partial charge in [-0.25, -0.2) is 0 Å². The van der Waals surface area contributed by atoms with Crippen molar-refractivity contribution in [1.29, 1.82) is 0 Å². The Balaban J connectivity index is 2.80. The first-order valence-electron chi connectivity index (χ1n) is 7.10. The molecule has 112 valence electrons. The van der Waals surface area contributed by atoms with Crippen LogP contribution in [0.3, 0.4) is 0 Å². The molecule has 1 rings (SSSR count). The van der Waals surface area contributed by atoms with E-state index in [0.717, 1.165) is 12.0 Å². The molecule has 0 bridgehead atoms. The first kappa shape index (κ1) is 16.5. The van der Waals surface area contributed by atoms with Crippen molar-refractivity contribution in [3.05, 3.63) is 29.3 Å². The van der Waals surface area contributed by atoms with Gasteiger partial charge >= 0.3 is 0 Å². The van der Waals surface area contributed by atoms with Crippen LogP contribution in [0.15, 0.2) is 18.2 Å². The predicted molar refractivity (Wildman–Crippen MR) is 79.8 cm³/mol. The number of benzene rings is 1. The fourth-order valence-corrected chi connectivity index (χ4v) is 1.81. The molecule has 0 aliphatic rings. The molecule has 0 aliphatic heterocycles. The van der Waals surface area contributed by atoms with Crippen LogP contribution in [0.4, 0.5) is 0 Å². The number of carbonyl (C=O) groups excluding carboxylic acids is 1. The van der Waals surface area contributed by atoms with Crippen molar-refractivity contribution in [3.8, 4) is 5.75 Å². The normalized spacial score (nSPS) is 15.3. The summed E-state index contributed by atoms with van der Waals surface area (Å²) in [5.41, 5.74) is 1.75. The van der Waals surface area contributed by atoms with Gasteiger partial charge in [0.25, 0.3) is 5.91 Å². The van der Waals surface area contributed by atoms with Gasteiger partial charge in [-0.3, -0.25) is 4.79 Å². The highest BCUT2D eigenvalue weighted by Crippen LogP contribution is 2.27. The second-order valence-corrected chi connectivity index (χ2v) is 5.30. The van der Waals surface area contributed by atoms with Crippen molar-refractivity contribution in [2.24, 2.45) is 0 Å². The van der Waals surface area contributed by atoms with Crippen LogP contribution in [0.2, 0.25) is 0 Å². The van der Waals surface area contributed by atoms with Gasteiger partial charge in [0.15, 0.2) is 6.10 Å². The standard InChI is InChI=1S/C16H25NO3/c1-6-11(3)17-16(19)13(5)20-15-8-7-10(2)9-14(15)12(4)18/h7-9,11-13,18H,6H2,1-5H3,(H,17,19)/t11?,12-,13?/m1/s1. The number of carbonyl (C=O) groups is 1. The van der Waals surface area contributed by atoms with Crippen LogP contribution < -0.4 is 10.1 Å². The van der Waals surface area contributed by atoms with E-state index >= 15 is 0 Å². The molecular weight excluding hydrogens is 254 g/mol. The predicted octanol–water partition coefficient (Wildman–Crippen LogP) is 2.73. The number of amides is 1. The number of aliphatic hydroxyl groups excluding tert-OH is 1. The topological polar surface area (TPSA) is 58.6 Å². The van der Waals surface area contributed by atoms with Gasteiger partial charge in [0.2, 0.25) is 0 Å². The molecule has 0 saturated carbocycles. The first-order valence-corrected chi connectivity index (χ1v) is 7.10. The maximum absolute atomic E-state index is 12.0. The molecule has 1 aromatic rings. The van der Waals surface area contributed by atoms with Crippen LogP contribution in [-0.4, -0.2) is 23.2 Å². The average molecular weight is 279 g/mol. The molecule has 0 heterocycles. The summed E-state index contributed by atoms with van der Waals surface area (Å²) in [7, 11) is 0. The number of nitrogens with one attached hydrogen (secondary N) is 1. The first-order chi connectivity index (χ1) is 9.35. The van der Waals surface area contributed by atoms with Crippen molar-refractivity contribution in [2.45, 2.75) is 59.3 Å². The minimum absolute atomic E-state index is 0.128. The minimum Gasteiger partial charge on any atom is -0.481 e. The van der Waals surface area contributed by atoms with Gasteiger partial charge in [0, 0.05) is 11.6 Å². The fourth-order valence-electron chi connectivity index (χ4n) is 1.81. The van der Waals surface area contributed by atoms with Gasteiger partial charge in [-0.05, 0) is 46.2 Å². The molecule has 0 radical (unpaired) electrons. The molecule has 2 N–H and O–H groups in total. The third-order valence-corrected chi connectivity index (χ3v) is 3.29. The van der Waals surface area contributed by atoms with E-state index in [1.54, 1.807) is 19.9 Å². The molecule has 3 atom stereocenters. The molecule has 1 amide bonds. The van der Waals surface area contributed by atoms with Crippen LogP contribution in [-0.2, 0) is 4.79 Å². The Morgan fingerprint density at radius 3 is 2.55 bits per heavy atom. The smallest absolute Gasteiger partial charge is 0.260 e. The highest BCUT2D eigenvalue weighted by Gasteiger charge is 2.18. The zero-order valence-electron chi connectivity index (χ0n) is 12.9. The number of hydrogen-bond acceptors (Lipinski definition) is 3. The quantitative estimate of drug-likeness (QED) is 0.841. The summed E-state index contributed by atoms with van der Waals surface area (Å²) in [5, 5.41) is 12.7. The van der Waals surface area contributed by atoms with Crippen LogP contribution in [0.5, 0.6) is 5.75 Å². The molecule has 0 saturated heterocycles. The van der Waals surface area contributed by atoms with Gasteiger partial charge in [-0.2, -0.15) is 0 Å². The summed E-state index contributed by atoms with van der Waals surface area (Å²) in [4.78, 5) is 12.0. The van der Waals surface area contributed by atoms with Gasteiger partial charge in [-0.1, -0.05) is 18.6 Å². The zero-order valence-corrected chi connectivity index (χ0v) is 12.9. The summed E-state index contributed by atoms with van der Waals surface area (Å²) >= 11 is 0. The molecule has 4 nitrogen and oxygen atoms in total. The minimum atomic E-state index is -0.630. The van der Waals surface area contributed by atoms with Gasteiger partial charge in [0.1, 0.15) is 5.75 Å². The maximum Gasteiger partial charge on any atom is 0.260 e. The van der Waals surface area contributed by atoms with Crippen LogP contribution in [0.25, 0.3) is 0 Å². The monoisotopic (exact) mass is 279 g/mol. The molecule has 20 heavy (non-hydrogen) atoms. The maximum atomic E-state index is 12.0. The van der Waals surface area contributed by atoms with Crippen molar-refractivity contribution in [2.75, 3.05) is 0 Å². The SMILES string of the molecule is CCC(C)NC(=O)C(C)Oc1ccc(C)cc1[C@@H](C)O. The van der Waals surface area contributed by atoms with Crippen molar-refractivity contribution in [3.63, 3.8) is 0 Å². The number of ether oxygens (including phenoxy) is 1. The van der Waals surface area contributed by atoms with E-state index in [1.165, 1.54) is 0 Å². The Labute approximate surface area is 121 Å². The van der Waals surface area contributed by atoms with E-state index in [4.69, 9.17) is 4.74 Å². The lowest BCUT2D eigenvalue weighted by atomic mass is 10.1. The third kappa shape index (κ3) is 4.53. The van der Waals surface area contributed by atoms with E-state index in [2.05, 4.69) is 5.32 Å². The largest absolute Gasteiger partial charge is 0.481 e. The molecule has 0 spiro atoms. The molecule has 1 aromatic carbocycles. The summed E-state index contributed by atoms with van der Waals surface area (Å²) in [6, 6.07) is 5.70. The second kappa shape index (κ2) is 7.29. The molecule has 4 heteroatoms. The molecule has 2 unspecified atom stereocenters. The average Bonchev–Trinajstić information content (AvgIpc) is 2.40. The number of rotatable bonds is 6. The Kier molecular flexibility index (Phi) is 6.02. The van der Waals surface area contributed by atoms with Gasteiger partial charge in [-0.15, -0.1) is 0 Å². The van der Waals surface area contributed by atoms with Crippen molar-refractivity contribution in [1.82, 2.24) is 5.32 Å². The number of hydrogen-bond donors (Lipinski definition) is 2. The number of aliphatic hydroxyl groups is 1. The highest BCUT2D eigenvalue weighted by molar-refractivity contribution is 5.81. The lowest BCUT2D eigenvalue weighted by Crippen LogP contribution is -2.41. The third-order valence-electron chi connectivity index (χ3n) is 3.29.